The Balaban J connectivity index is 2.47. The molecule has 0 aromatic heterocycles. The summed E-state index contributed by atoms with van der Waals surface area (Å²) in [4.78, 5) is -0.192. The molecule has 0 spiro atoms. The number of hydrogen-bond donors (Lipinski definition) is 1. The van der Waals surface area contributed by atoms with Gasteiger partial charge in [0.25, 0.3) is 10.0 Å². The zero-order valence-corrected chi connectivity index (χ0v) is 15.7. The molecule has 0 radical (unpaired) electrons. The van der Waals surface area contributed by atoms with Crippen molar-refractivity contribution in [1.29, 1.82) is 0 Å². The van der Waals surface area contributed by atoms with E-state index in [1.807, 2.05) is 0 Å². The summed E-state index contributed by atoms with van der Waals surface area (Å²) in [6.07, 6.45) is 8.85. The Morgan fingerprint density at radius 3 is 2.60 bits per heavy atom. The van der Waals surface area contributed by atoms with Gasteiger partial charge in [-0.2, -0.15) is 8.42 Å². The molecule has 0 amide bonds. The molecule has 0 unspecified atom stereocenters. The molecule has 2 rings (SSSR count). The summed E-state index contributed by atoms with van der Waals surface area (Å²) in [5.41, 5.74) is 0.248. The monoisotopic (exact) mass is 401 g/mol. The van der Waals surface area contributed by atoms with Crippen LogP contribution < -0.4 is 4.72 Å². The number of halogens is 1. The van der Waals surface area contributed by atoms with E-state index >= 15 is 0 Å². The van der Waals surface area contributed by atoms with Crippen molar-refractivity contribution < 1.29 is 21.6 Å². The predicted molar refractivity (Wildman–Crippen MR) is 98.6 cm³/mol. The molecule has 0 bridgehead atoms. The van der Waals surface area contributed by atoms with Crippen LogP contribution in [0.3, 0.4) is 0 Å². The minimum absolute atomic E-state index is 0.0266. The summed E-state index contributed by atoms with van der Waals surface area (Å²) in [5.74, 6) is 0. The van der Waals surface area contributed by atoms with Crippen LogP contribution in [0, 0.1) is 0 Å². The topological polar surface area (TPSA) is 89.5 Å². The van der Waals surface area contributed by atoms with Crippen molar-refractivity contribution in [1.82, 2.24) is 0 Å². The quantitative estimate of drug-likeness (QED) is 0.837. The number of allylic oxidation sites excluding steroid dienone is 5. The van der Waals surface area contributed by atoms with E-state index in [9.17, 15) is 16.8 Å². The molecule has 0 aliphatic carbocycles. The van der Waals surface area contributed by atoms with Crippen molar-refractivity contribution in [3.63, 3.8) is 0 Å². The normalized spacial score (nSPS) is 20.2. The van der Waals surface area contributed by atoms with Crippen LogP contribution in [0.4, 0.5) is 5.69 Å². The number of nitrogens with one attached hydrogen (secondary N) is 1. The van der Waals surface area contributed by atoms with Crippen LogP contribution >= 0.6 is 11.6 Å². The third kappa shape index (κ3) is 5.22. The summed E-state index contributed by atoms with van der Waals surface area (Å²) < 4.78 is 56.5. The first-order chi connectivity index (χ1) is 11.6. The molecule has 0 saturated carbocycles. The number of sulfonamides is 1. The van der Waals surface area contributed by atoms with Crippen LogP contribution in [0.15, 0.2) is 70.7 Å². The molecular weight excluding hydrogens is 386 g/mol. The van der Waals surface area contributed by atoms with Gasteiger partial charge in [-0.25, -0.2) is 8.42 Å². The smallest absolute Gasteiger partial charge is 0.294 e. The predicted octanol–water partition coefficient (Wildman–Crippen LogP) is 3.03. The van der Waals surface area contributed by atoms with Crippen molar-refractivity contribution in [2.45, 2.75) is 4.90 Å². The highest BCUT2D eigenvalue weighted by atomic mass is 35.5. The summed E-state index contributed by atoms with van der Waals surface area (Å²) in [6, 6.07) is 3.82. The Kier molecular flexibility index (Phi) is 5.76. The molecular formula is C16H16ClNO5S2. The number of anilines is 1. The summed E-state index contributed by atoms with van der Waals surface area (Å²) >= 11 is 5.87. The Hall–Kier alpha value is -2.03. The van der Waals surface area contributed by atoms with Gasteiger partial charge in [-0.15, -0.1) is 0 Å². The van der Waals surface area contributed by atoms with Gasteiger partial charge in [0.05, 0.1) is 10.6 Å². The van der Waals surface area contributed by atoms with Gasteiger partial charge in [-0.1, -0.05) is 36.4 Å². The number of benzene rings is 1. The molecule has 1 N–H and O–H groups in total. The van der Waals surface area contributed by atoms with Gasteiger partial charge >= 0.3 is 0 Å². The van der Waals surface area contributed by atoms with Gasteiger partial charge < -0.3 is 4.74 Å². The molecule has 1 heterocycles. The molecule has 1 aromatic carbocycles. The first-order valence-corrected chi connectivity index (χ1v) is 10.7. The minimum atomic E-state index is -4.19. The number of sulfone groups is 1. The lowest BCUT2D eigenvalue weighted by atomic mass is 10.3. The molecule has 134 valence electrons. The van der Waals surface area contributed by atoms with Crippen molar-refractivity contribution >= 4 is 37.1 Å². The van der Waals surface area contributed by atoms with E-state index in [1.165, 1.54) is 24.3 Å². The Bertz CT molecular complexity index is 989. The first kappa shape index (κ1) is 19.3. The maximum atomic E-state index is 12.6. The van der Waals surface area contributed by atoms with Gasteiger partial charge in [0.2, 0.25) is 5.09 Å². The zero-order valence-electron chi connectivity index (χ0n) is 13.3. The highest BCUT2D eigenvalue weighted by Crippen LogP contribution is 2.28. The van der Waals surface area contributed by atoms with Crippen molar-refractivity contribution in [3.05, 3.63) is 70.8 Å². The Labute approximate surface area is 152 Å². The first-order valence-electron chi connectivity index (χ1n) is 6.98. The lowest BCUT2D eigenvalue weighted by Crippen LogP contribution is -2.19. The van der Waals surface area contributed by atoms with Crippen LogP contribution in [0.5, 0.6) is 0 Å². The fourth-order valence-electron chi connectivity index (χ4n) is 1.94. The van der Waals surface area contributed by atoms with E-state index < -0.39 is 19.9 Å². The van der Waals surface area contributed by atoms with Gasteiger partial charge in [0.1, 0.15) is 6.61 Å². The van der Waals surface area contributed by atoms with Gasteiger partial charge in [0.15, 0.2) is 9.84 Å². The number of hydrogen-bond acceptors (Lipinski definition) is 5. The lowest BCUT2D eigenvalue weighted by Gasteiger charge is -2.14. The maximum absolute atomic E-state index is 12.6. The van der Waals surface area contributed by atoms with Crippen molar-refractivity contribution in [3.8, 4) is 0 Å². The van der Waals surface area contributed by atoms with Gasteiger partial charge in [-0.3, -0.25) is 4.72 Å². The third-order valence-corrected chi connectivity index (χ3v) is 5.68. The fourth-order valence-corrected chi connectivity index (χ4v) is 4.09. The number of ether oxygens (including phenoxy) is 1. The van der Waals surface area contributed by atoms with Crippen molar-refractivity contribution in [2.24, 2.45) is 0 Å². The number of rotatable bonds is 4. The van der Waals surface area contributed by atoms with E-state index in [0.717, 1.165) is 6.26 Å². The zero-order chi connectivity index (χ0) is 18.7. The Morgan fingerprint density at radius 1 is 1.20 bits per heavy atom. The molecule has 1 aliphatic rings. The molecule has 25 heavy (non-hydrogen) atoms. The van der Waals surface area contributed by atoms with Crippen LogP contribution in [-0.2, 0) is 24.6 Å². The highest BCUT2D eigenvalue weighted by Gasteiger charge is 2.23. The van der Waals surface area contributed by atoms with Crippen LogP contribution in [0.2, 0.25) is 5.02 Å². The van der Waals surface area contributed by atoms with Crippen LogP contribution in [0.25, 0.3) is 0 Å². The van der Waals surface area contributed by atoms with E-state index in [1.54, 1.807) is 24.3 Å². The summed E-state index contributed by atoms with van der Waals surface area (Å²) in [5, 5.41) is -0.196. The molecule has 1 aromatic rings. The second-order valence-electron chi connectivity index (χ2n) is 5.15. The van der Waals surface area contributed by atoms with E-state index in [4.69, 9.17) is 16.3 Å². The van der Waals surface area contributed by atoms with Gasteiger partial charge in [-0.05, 0) is 29.8 Å². The van der Waals surface area contributed by atoms with E-state index in [0.29, 0.717) is 5.57 Å². The SMILES string of the molecule is C=C1/C=C\C=C/CO/C(S(=O)(=O)Nc2cc(Cl)ccc2S(C)(=O)=O)=C\1. The molecule has 0 saturated heterocycles. The largest absolute Gasteiger partial charge is 0.478 e. The second-order valence-corrected chi connectivity index (χ2v) is 9.19. The lowest BCUT2D eigenvalue weighted by molar-refractivity contribution is 0.272. The van der Waals surface area contributed by atoms with Gasteiger partial charge in [0, 0.05) is 17.4 Å². The fraction of sp³-hybridized carbons (Fsp3) is 0.125. The third-order valence-electron chi connectivity index (χ3n) is 3.03. The van der Waals surface area contributed by atoms with E-state index in [2.05, 4.69) is 11.3 Å². The standard InChI is InChI=1S/C16H16ClNO5S2/c1-12-6-4-3-5-9-23-16(10-12)25(21,22)18-14-11-13(17)7-8-15(14)24(2,19)20/h3-8,10-11,18H,1,9H2,2H3/b5-3-,6-4-,16-10+. The molecule has 0 atom stereocenters. The average molecular weight is 402 g/mol. The molecule has 1 aliphatic heterocycles. The Morgan fingerprint density at radius 2 is 1.92 bits per heavy atom. The molecule has 9 heteroatoms. The second kappa shape index (κ2) is 7.47. The van der Waals surface area contributed by atoms with E-state index in [-0.39, 0.29) is 27.3 Å². The molecule has 6 nitrogen and oxygen atoms in total. The summed E-state index contributed by atoms with van der Waals surface area (Å²) in [6.45, 7) is 3.74. The average Bonchev–Trinajstić information content (AvgIpc) is 2.57. The maximum Gasteiger partial charge on any atom is 0.294 e. The highest BCUT2D eigenvalue weighted by molar-refractivity contribution is 7.96. The van der Waals surface area contributed by atoms with Crippen LogP contribution in [0.1, 0.15) is 0 Å². The summed E-state index contributed by atoms with van der Waals surface area (Å²) in [7, 11) is -7.86. The minimum Gasteiger partial charge on any atom is -0.478 e. The van der Waals surface area contributed by atoms with Crippen LogP contribution in [-0.4, -0.2) is 29.7 Å². The van der Waals surface area contributed by atoms with Crippen molar-refractivity contribution in [2.75, 3.05) is 17.6 Å². The molecule has 0 fully saturated rings.